The number of rotatable bonds is 7. The number of pyridine rings is 1. The Morgan fingerprint density at radius 2 is 2.07 bits per heavy atom. The lowest BCUT2D eigenvalue weighted by atomic mass is 10.2. The highest BCUT2D eigenvalue weighted by atomic mass is 32.2. The molecule has 1 aromatic rings. The second-order valence-corrected chi connectivity index (χ2v) is 5.04. The fourth-order valence-electron chi connectivity index (χ4n) is 1.31. The Balaban J connectivity index is 2.00. The molecule has 0 aromatic carbocycles. The molecule has 0 saturated carbocycles. The Bertz CT molecular complexity index is 290. The Labute approximate surface area is 93.8 Å². The van der Waals surface area contributed by atoms with Crippen molar-refractivity contribution in [2.45, 2.75) is 12.8 Å². The third-order valence-electron chi connectivity index (χ3n) is 2.13. The predicted octanol–water partition coefficient (Wildman–Crippen LogP) is 0.982. The van der Waals surface area contributed by atoms with Gasteiger partial charge in [0.1, 0.15) is 0 Å². The summed E-state index contributed by atoms with van der Waals surface area (Å²) in [5.41, 5.74) is 1.30. The molecule has 0 spiro atoms. The molecule has 15 heavy (non-hydrogen) atoms. The molecule has 0 radical (unpaired) electrons. The van der Waals surface area contributed by atoms with Crippen molar-refractivity contribution in [2.24, 2.45) is 0 Å². The third kappa shape index (κ3) is 6.36. The molecule has 1 heterocycles. The SMILES string of the molecule is CS(=O)CCCNCCc1ccncc1. The van der Waals surface area contributed by atoms with E-state index >= 15 is 0 Å². The van der Waals surface area contributed by atoms with Gasteiger partial charge in [0.05, 0.1) is 0 Å². The summed E-state index contributed by atoms with van der Waals surface area (Å²) in [5.74, 6) is 0.794. The first-order chi connectivity index (χ1) is 7.29. The van der Waals surface area contributed by atoms with Crippen LogP contribution in [0, 0.1) is 0 Å². The molecule has 1 rings (SSSR count). The Kier molecular flexibility index (Phi) is 6.20. The van der Waals surface area contributed by atoms with Crippen molar-refractivity contribution in [3.8, 4) is 0 Å². The van der Waals surface area contributed by atoms with Gasteiger partial charge >= 0.3 is 0 Å². The summed E-state index contributed by atoms with van der Waals surface area (Å²) in [6, 6.07) is 4.06. The second-order valence-electron chi connectivity index (χ2n) is 3.49. The average Bonchev–Trinajstić information content (AvgIpc) is 2.24. The van der Waals surface area contributed by atoms with E-state index in [1.165, 1.54) is 5.56 Å². The predicted molar refractivity (Wildman–Crippen MR) is 64.4 cm³/mol. The van der Waals surface area contributed by atoms with Crippen LogP contribution in [0.3, 0.4) is 0 Å². The van der Waals surface area contributed by atoms with Gasteiger partial charge in [-0.1, -0.05) is 0 Å². The topological polar surface area (TPSA) is 42.0 Å². The van der Waals surface area contributed by atoms with Crippen LogP contribution in [-0.2, 0) is 17.2 Å². The van der Waals surface area contributed by atoms with Crippen LogP contribution in [0.2, 0.25) is 0 Å². The normalized spacial score (nSPS) is 12.6. The highest BCUT2D eigenvalue weighted by Crippen LogP contribution is 1.95. The Morgan fingerprint density at radius 1 is 1.33 bits per heavy atom. The van der Waals surface area contributed by atoms with E-state index < -0.39 is 10.8 Å². The fraction of sp³-hybridized carbons (Fsp3) is 0.545. The second kappa shape index (κ2) is 7.54. The van der Waals surface area contributed by atoms with Crippen molar-refractivity contribution in [3.63, 3.8) is 0 Å². The van der Waals surface area contributed by atoms with E-state index in [-0.39, 0.29) is 0 Å². The zero-order chi connectivity index (χ0) is 10.9. The summed E-state index contributed by atoms with van der Waals surface area (Å²) < 4.78 is 10.8. The van der Waals surface area contributed by atoms with Gasteiger partial charge in [-0.25, -0.2) is 0 Å². The van der Waals surface area contributed by atoms with Crippen molar-refractivity contribution in [1.29, 1.82) is 0 Å². The molecular weight excluding hydrogens is 208 g/mol. The third-order valence-corrected chi connectivity index (χ3v) is 2.99. The van der Waals surface area contributed by atoms with Crippen LogP contribution in [-0.4, -0.2) is 34.3 Å². The van der Waals surface area contributed by atoms with E-state index in [0.29, 0.717) is 0 Å². The fourth-order valence-corrected chi connectivity index (χ4v) is 1.86. The first-order valence-electron chi connectivity index (χ1n) is 5.18. The Hall–Kier alpha value is -0.740. The van der Waals surface area contributed by atoms with Crippen LogP contribution < -0.4 is 5.32 Å². The minimum atomic E-state index is -0.655. The minimum absolute atomic E-state index is 0.655. The molecule has 1 aromatic heterocycles. The zero-order valence-electron chi connectivity index (χ0n) is 9.11. The minimum Gasteiger partial charge on any atom is -0.316 e. The van der Waals surface area contributed by atoms with Crippen molar-refractivity contribution in [2.75, 3.05) is 25.1 Å². The van der Waals surface area contributed by atoms with Gasteiger partial charge < -0.3 is 5.32 Å². The highest BCUT2D eigenvalue weighted by Gasteiger charge is 1.93. The maximum Gasteiger partial charge on any atom is 0.0270 e. The van der Waals surface area contributed by atoms with Crippen molar-refractivity contribution in [1.82, 2.24) is 10.3 Å². The van der Waals surface area contributed by atoms with E-state index in [2.05, 4.69) is 10.3 Å². The molecule has 0 aliphatic rings. The molecule has 0 saturated heterocycles. The lowest BCUT2D eigenvalue weighted by Crippen LogP contribution is -2.19. The van der Waals surface area contributed by atoms with Gasteiger partial charge in [-0.15, -0.1) is 0 Å². The monoisotopic (exact) mass is 226 g/mol. The van der Waals surface area contributed by atoms with Crippen molar-refractivity contribution < 1.29 is 4.21 Å². The number of nitrogens with zero attached hydrogens (tertiary/aromatic N) is 1. The summed E-state index contributed by atoms with van der Waals surface area (Å²) >= 11 is 0. The van der Waals surface area contributed by atoms with Crippen LogP contribution >= 0.6 is 0 Å². The maximum atomic E-state index is 10.8. The number of aromatic nitrogens is 1. The van der Waals surface area contributed by atoms with Crippen LogP contribution in [0.15, 0.2) is 24.5 Å². The lowest BCUT2D eigenvalue weighted by Gasteiger charge is -2.03. The number of hydrogen-bond acceptors (Lipinski definition) is 3. The van der Waals surface area contributed by atoms with Gasteiger partial charge in [0.15, 0.2) is 0 Å². The molecular formula is C11H18N2OS. The quantitative estimate of drug-likeness (QED) is 0.705. The lowest BCUT2D eigenvalue weighted by molar-refractivity contribution is 0.660. The van der Waals surface area contributed by atoms with Gasteiger partial charge in [0.25, 0.3) is 0 Å². The molecule has 1 atom stereocenters. The van der Waals surface area contributed by atoms with Crippen molar-refractivity contribution in [3.05, 3.63) is 30.1 Å². The first kappa shape index (κ1) is 12.3. The van der Waals surface area contributed by atoms with Gasteiger partial charge in [-0.3, -0.25) is 9.19 Å². The molecule has 0 aliphatic carbocycles. The summed E-state index contributed by atoms with van der Waals surface area (Å²) in [6.07, 6.45) is 7.39. The van der Waals surface area contributed by atoms with Crippen LogP contribution in [0.25, 0.3) is 0 Å². The van der Waals surface area contributed by atoms with Crippen LogP contribution in [0.1, 0.15) is 12.0 Å². The van der Waals surface area contributed by atoms with E-state index in [9.17, 15) is 4.21 Å². The molecule has 84 valence electrons. The first-order valence-corrected chi connectivity index (χ1v) is 6.91. The van der Waals surface area contributed by atoms with Crippen molar-refractivity contribution >= 4 is 10.8 Å². The van der Waals surface area contributed by atoms with E-state index in [4.69, 9.17) is 0 Å². The molecule has 0 aliphatic heterocycles. The maximum absolute atomic E-state index is 10.8. The summed E-state index contributed by atoms with van der Waals surface area (Å²) in [5, 5.41) is 3.33. The van der Waals surface area contributed by atoms with Crippen LogP contribution in [0.5, 0.6) is 0 Å². The molecule has 4 heteroatoms. The molecule has 0 fully saturated rings. The van der Waals surface area contributed by atoms with E-state index in [0.717, 1.165) is 31.7 Å². The Morgan fingerprint density at radius 3 is 2.73 bits per heavy atom. The average molecular weight is 226 g/mol. The number of hydrogen-bond donors (Lipinski definition) is 1. The smallest absolute Gasteiger partial charge is 0.0270 e. The number of nitrogens with one attached hydrogen (secondary N) is 1. The van der Waals surface area contributed by atoms with E-state index in [1.54, 1.807) is 6.26 Å². The molecule has 1 unspecified atom stereocenters. The molecule has 0 amide bonds. The van der Waals surface area contributed by atoms with Gasteiger partial charge in [0, 0.05) is 35.2 Å². The zero-order valence-corrected chi connectivity index (χ0v) is 9.93. The molecule has 3 nitrogen and oxygen atoms in total. The highest BCUT2D eigenvalue weighted by molar-refractivity contribution is 7.84. The summed E-state index contributed by atoms with van der Waals surface area (Å²) in [7, 11) is -0.655. The largest absolute Gasteiger partial charge is 0.316 e. The van der Waals surface area contributed by atoms with Gasteiger partial charge in [-0.2, -0.15) is 0 Å². The molecule has 0 bridgehead atoms. The van der Waals surface area contributed by atoms with Gasteiger partial charge in [-0.05, 0) is 43.6 Å². The summed E-state index contributed by atoms with van der Waals surface area (Å²) in [6.45, 7) is 1.92. The molecule has 1 N–H and O–H groups in total. The van der Waals surface area contributed by atoms with Gasteiger partial charge in [0.2, 0.25) is 0 Å². The van der Waals surface area contributed by atoms with Crippen LogP contribution in [0.4, 0.5) is 0 Å². The standard InChI is InChI=1S/C11H18N2OS/c1-15(14)10-2-6-12-7-3-11-4-8-13-9-5-11/h4-5,8-9,12H,2-3,6-7,10H2,1H3. The summed E-state index contributed by atoms with van der Waals surface area (Å²) in [4.78, 5) is 3.97. The van der Waals surface area contributed by atoms with E-state index in [1.807, 2.05) is 24.5 Å².